The standard InChI is InChI=1S/C15H32O4S.K/c1-2-3-4-9-12-15(16)13-10-7-5-6-8-11-14-20(17,18)19;/h15-16H,2-14H2,1H3,(H,17,18,19);/q;+1/p-1. The average molecular weight is 347 g/mol. The predicted molar refractivity (Wildman–Crippen MR) is 81.6 cm³/mol. The van der Waals surface area contributed by atoms with E-state index in [1.165, 1.54) is 19.3 Å². The van der Waals surface area contributed by atoms with Crippen LogP contribution < -0.4 is 51.4 Å². The van der Waals surface area contributed by atoms with Gasteiger partial charge in [0.2, 0.25) is 0 Å². The molecule has 0 aliphatic rings. The van der Waals surface area contributed by atoms with Crippen LogP contribution in [0, 0.1) is 0 Å². The third-order valence-corrected chi connectivity index (χ3v) is 4.36. The van der Waals surface area contributed by atoms with E-state index in [0.29, 0.717) is 6.42 Å². The molecule has 1 unspecified atom stereocenters. The first-order valence-electron chi connectivity index (χ1n) is 8.07. The van der Waals surface area contributed by atoms with Gasteiger partial charge in [0.15, 0.2) is 0 Å². The zero-order chi connectivity index (χ0) is 15.3. The van der Waals surface area contributed by atoms with Crippen molar-refractivity contribution >= 4 is 10.1 Å². The molecule has 0 aromatic heterocycles. The van der Waals surface area contributed by atoms with Crippen LogP contribution in [0.5, 0.6) is 0 Å². The summed E-state index contributed by atoms with van der Waals surface area (Å²) in [4.78, 5) is 0. The van der Waals surface area contributed by atoms with Gasteiger partial charge in [-0.1, -0.05) is 64.7 Å². The van der Waals surface area contributed by atoms with E-state index in [-0.39, 0.29) is 63.2 Å². The summed E-state index contributed by atoms with van der Waals surface area (Å²) in [5.41, 5.74) is 0. The van der Waals surface area contributed by atoms with E-state index in [2.05, 4.69) is 6.92 Å². The maximum absolute atomic E-state index is 10.4. The van der Waals surface area contributed by atoms with Crippen molar-refractivity contribution in [1.82, 2.24) is 0 Å². The van der Waals surface area contributed by atoms with Crippen LogP contribution in [0.15, 0.2) is 0 Å². The maximum Gasteiger partial charge on any atom is 1.00 e. The van der Waals surface area contributed by atoms with Gasteiger partial charge >= 0.3 is 51.4 Å². The molecule has 0 bridgehead atoms. The summed E-state index contributed by atoms with van der Waals surface area (Å²) < 4.78 is 31.2. The summed E-state index contributed by atoms with van der Waals surface area (Å²) in [7, 11) is -4.03. The van der Waals surface area contributed by atoms with Crippen LogP contribution in [0.2, 0.25) is 0 Å². The average Bonchev–Trinajstić information content (AvgIpc) is 2.36. The van der Waals surface area contributed by atoms with Gasteiger partial charge < -0.3 is 9.66 Å². The molecular formula is C15H31KO4S. The molecule has 1 N–H and O–H groups in total. The van der Waals surface area contributed by atoms with Gasteiger partial charge in [-0.25, -0.2) is 8.42 Å². The SMILES string of the molecule is CCCCCCC(O)CCCCCCCCS(=O)(=O)[O-].[K+]. The fourth-order valence-electron chi connectivity index (χ4n) is 2.32. The van der Waals surface area contributed by atoms with Gasteiger partial charge in [-0.15, -0.1) is 0 Å². The number of rotatable bonds is 14. The Labute approximate surface area is 173 Å². The molecule has 0 rings (SSSR count). The molecule has 0 aromatic carbocycles. The number of unbranched alkanes of at least 4 members (excludes halogenated alkanes) is 8. The normalized spacial score (nSPS) is 12.9. The summed E-state index contributed by atoms with van der Waals surface area (Å²) in [6, 6.07) is 0. The summed E-state index contributed by atoms with van der Waals surface area (Å²) >= 11 is 0. The van der Waals surface area contributed by atoms with Crippen molar-refractivity contribution in [3.63, 3.8) is 0 Å². The number of aliphatic hydroxyl groups is 1. The van der Waals surface area contributed by atoms with Gasteiger partial charge in [0.25, 0.3) is 0 Å². The van der Waals surface area contributed by atoms with Gasteiger partial charge in [-0.05, 0) is 19.3 Å². The maximum atomic E-state index is 10.4. The predicted octanol–water partition coefficient (Wildman–Crippen LogP) is 0.598. The number of hydrogen-bond donors (Lipinski definition) is 1. The van der Waals surface area contributed by atoms with E-state index < -0.39 is 10.1 Å². The largest absolute Gasteiger partial charge is 1.00 e. The van der Waals surface area contributed by atoms with E-state index in [0.717, 1.165) is 51.4 Å². The summed E-state index contributed by atoms with van der Waals surface area (Å²) in [5.74, 6) is -0.233. The van der Waals surface area contributed by atoms with Crippen LogP contribution in [0.25, 0.3) is 0 Å². The summed E-state index contributed by atoms with van der Waals surface area (Å²) in [6.07, 6.45) is 11.9. The Morgan fingerprint density at radius 2 is 1.29 bits per heavy atom. The van der Waals surface area contributed by atoms with Crippen molar-refractivity contribution < 1.29 is 69.5 Å². The smallest absolute Gasteiger partial charge is 0.748 e. The van der Waals surface area contributed by atoms with E-state index in [9.17, 15) is 18.1 Å². The zero-order valence-corrected chi connectivity index (χ0v) is 17.8. The summed E-state index contributed by atoms with van der Waals surface area (Å²) in [5, 5.41) is 9.78. The second-order valence-corrected chi connectivity index (χ2v) is 7.20. The molecule has 21 heavy (non-hydrogen) atoms. The Morgan fingerprint density at radius 1 is 0.857 bits per heavy atom. The molecule has 4 nitrogen and oxygen atoms in total. The van der Waals surface area contributed by atoms with Crippen molar-refractivity contribution in [3.8, 4) is 0 Å². The van der Waals surface area contributed by atoms with E-state index >= 15 is 0 Å². The molecule has 0 amide bonds. The molecule has 6 heteroatoms. The molecule has 0 fully saturated rings. The molecule has 0 radical (unpaired) electrons. The van der Waals surface area contributed by atoms with Crippen LogP contribution >= 0.6 is 0 Å². The monoisotopic (exact) mass is 346 g/mol. The molecule has 0 aliphatic heterocycles. The molecule has 122 valence electrons. The van der Waals surface area contributed by atoms with Gasteiger partial charge in [-0.3, -0.25) is 0 Å². The van der Waals surface area contributed by atoms with E-state index in [4.69, 9.17) is 0 Å². The second kappa shape index (κ2) is 16.4. The minimum Gasteiger partial charge on any atom is -0.748 e. The fraction of sp³-hybridized carbons (Fsp3) is 1.00. The summed E-state index contributed by atoms with van der Waals surface area (Å²) in [6.45, 7) is 2.18. The van der Waals surface area contributed by atoms with Crippen molar-refractivity contribution in [2.24, 2.45) is 0 Å². The molecule has 1 atom stereocenters. The topological polar surface area (TPSA) is 77.4 Å². The number of hydrogen-bond acceptors (Lipinski definition) is 4. The Bertz CT molecular complexity index is 307. The van der Waals surface area contributed by atoms with Crippen LogP contribution in [-0.4, -0.2) is 29.9 Å². The first-order valence-corrected chi connectivity index (χ1v) is 9.65. The molecule has 0 heterocycles. The molecule has 0 aromatic rings. The minimum absolute atomic E-state index is 0. The van der Waals surface area contributed by atoms with Crippen LogP contribution in [0.3, 0.4) is 0 Å². The van der Waals surface area contributed by atoms with Crippen molar-refractivity contribution in [1.29, 1.82) is 0 Å². The van der Waals surface area contributed by atoms with Gasteiger partial charge in [0, 0.05) is 5.75 Å². The Balaban J connectivity index is 0. The fourth-order valence-corrected chi connectivity index (χ4v) is 2.87. The molecule has 0 saturated heterocycles. The van der Waals surface area contributed by atoms with Crippen LogP contribution in [-0.2, 0) is 10.1 Å². The first-order chi connectivity index (χ1) is 9.45. The van der Waals surface area contributed by atoms with Crippen molar-refractivity contribution in [2.45, 2.75) is 90.1 Å². The second-order valence-electron chi connectivity index (χ2n) is 5.67. The zero-order valence-electron chi connectivity index (χ0n) is 13.8. The van der Waals surface area contributed by atoms with Gasteiger partial charge in [-0.2, -0.15) is 0 Å². The molecule has 0 aliphatic carbocycles. The van der Waals surface area contributed by atoms with Crippen molar-refractivity contribution in [3.05, 3.63) is 0 Å². The minimum atomic E-state index is -4.03. The third kappa shape index (κ3) is 21.5. The van der Waals surface area contributed by atoms with E-state index in [1.807, 2.05) is 0 Å². The van der Waals surface area contributed by atoms with Crippen LogP contribution in [0.1, 0.15) is 84.0 Å². The molecule has 0 saturated carbocycles. The van der Waals surface area contributed by atoms with Gasteiger partial charge in [0.1, 0.15) is 0 Å². The Kier molecular flexibility index (Phi) is 19.3. The molecule has 0 spiro atoms. The number of aliphatic hydroxyl groups excluding tert-OH is 1. The first kappa shape index (κ1) is 24.8. The van der Waals surface area contributed by atoms with Crippen molar-refractivity contribution in [2.75, 3.05) is 5.75 Å². The van der Waals surface area contributed by atoms with E-state index in [1.54, 1.807) is 0 Å². The third-order valence-electron chi connectivity index (χ3n) is 3.57. The quantitative estimate of drug-likeness (QED) is 0.284. The molecular weight excluding hydrogens is 315 g/mol. The Morgan fingerprint density at radius 3 is 1.76 bits per heavy atom. The van der Waals surface area contributed by atoms with Gasteiger partial charge in [0.05, 0.1) is 16.2 Å². The Hall–Kier alpha value is 1.51. The van der Waals surface area contributed by atoms with Crippen LogP contribution in [0.4, 0.5) is 0 Å².